The highest BCUT2D eigenvalue weighted by Crippen LogP contribution is 2.36. The zero-order valence-corrected chi connectivity index (χ0v) is 15.0. The summed E-state index contributed by atoms with van der Waals surface area (Å²) in [4.78, 5) is 23.4. The van der Waals surface area contributed by atoms with Crippen molar-refractivity contribution < 1.29 is 24.2 Å². The zero-order chi connectivity index (χ0) is 18.1. The third-order valence-electron chi connectivity index (χ3n) is 3.44. The molecule has 0 saturated carbocycles. The molecule has 0 aromatic heterocycles. The minimum Gasteiger partial charge on any atom is -0.493 e. The van der Waals surface area contributed by atoms with Gasteiger partial charge in [-0.05, 0) is 25.0 Å². The lowest BCUT2D eigenvalue weighted by atomic mass is 10.0. The van der Waals surface area contributed by atoms with Crippen LogP contribution in [0, 0.1) is 5.92 Å². The van der Waals surface area contributed by atoms with Gasteiger partial charge in [-0.25, -0.2) is 0 Å². The topological polar surface area (TPSA) is 84.9 Å². The van der Waals surface area contributed by atoms with E-state index in [1.807, 2.05) is 13.8 Å². The second-order valence-electron chi connectivity index (χ2n) is 5.37. The van der Waals surface area contributed by atoms with Gasteiger partial charge >= 0.3 is 5.97 Å². The van der Waals surface area contributed by atoms with Gasteiger partial charge in [0.1, 0.15) is 0 Å². The summed E-state index contributed by atoms with van der Waals surface area (Å²) in [6.45, 7) is 4.42. The molecule has 0 radical (unpaired) electrons. The highest BCUT2D eigenvalue weighted by atomic mass is 35.5. The summed E-state index contributed by atoms with van der Waals surface area (Å²) in [6, 6.07) is 3.02. The number of carbonyl (C=O) groups is 2. The number of hydrogen-bond donors (Lipinski definition) is 2. The van der Waals surface area contributed by atoms with Crippen molar-refractivity contribution in [3.63, 3.8) is 0 Å². The first kappa shape index (κ1) is 20.1. The maximum Gasteiger partial charge on any atom is 0.308 e. The number of ether oxygens (including phenoxy) is 2. The van der Waals surface area contributed by atoms with Gasteiger partial charge < -0.3 is 19.9 Å². The van der Waals surface area contributed by atoms with Gasteiger partial charge in [-0.3, -0.25) is 9.59 Å². The third-order valence-corrected chi connectivity index (χ3v) is 3.72. The molecule has 0 fully saturated rings. The minimum atomic E-state index is -0.920. The van der Waals surface area contributed by atoms with Crippen LogP contribution >= 0.6 is 11.6 Å². The third kappa shape index (κ3) is 5.60. The molecule has 1 aromatic carbocycles. The second-order valence-corrected chi connectivity index (χ2v) is 5.78. The maximum absolute atomic E-state index is 12.3. The molecule has 1 aromatic rings. The Bertz CT molecular complexity index is 576. The van der Waals surface area contributed by atoms with E-state index in [9.17, 15) is 9.59 Å². The fraction of sp³-hybridized carbons (Fsp3) is 0.529. The van der Waals surface area contributed by atoms with Gasteiger partial charge in [0.15, 0.2) is 11.5 Å². The molecule has 1 amide bonds. The lowest BCUT2D eigenvalue weighted by molar-refractivity contribution is -0.141. The number of aliphatic carboxylic acids is 1. The van der Waals surface area contributed by atoms with E-state index in [1.54, 1.807) is 0 Å². The molecule has 0 aliphatic heterocycles. The Hall–Kier alpha value is -1.95. The molecule has 1 atom stereocenters. The zero-order valence-electron chi connectivity index (χ0n) is 14.2. The van der Waals surface area contributed by atoms with Gasteiger partial charge in [-0.2, -0.15) is 0 Å². The van der Waals surface area contributed by atoms with Crippen LogP contribution < -0.4 is 14.8 Å². The molecular formula is C17H24ClNO5. The molecule has 134 valence electrons. The van der Waals surface area contributed by atoms with Gasteiger partial charge in [0.05, 0.1) is 24.7 Å². The highest BCUT2D eigenvalue weighted by molar-refractivity contribution is 6.32. The van der Waals surface area contributed by atoms with E-state index in [-0.39, 0.29) is 11.6 Å². The van der Waals surface area contributed by atoms with Crippen molar-refractivity contribution in [1.82, 2.24) is 5.32 Å². The number of carboxylic acids is 1. The summed E-state index contributed by atoms with van der Waals surface area (Å²) in [6.07, 6.45) is 2.05. The number of nitrogens with one attached hydrogen (secondary N) is 1. The molecule has 7 heteroatoms. The molecule has 2 N–H and O–H groups in total. The van der Waals surface area contributed by atoms with Crippen LogP contribution in [0.2, 0.25) is 5.02 Å². The predicted molar refractivity (Wildman–Crippen MR) is 92.2 cm³/mol. The lowest BCUT2D eigenvalue weighted by Gasteiger charge is -2.15. The van der Waals surface area contributed by atoms with Crippen molar-refractivity contribution in [3.05, 3.63) is 22.7 Å². The van der Waals surface area contributed by atoms with Crippen LogP contribution in [0.5, 0.6) is 11.5 Å². The number of carboxylic acid groups (broad SMARTS) is 1. The number of benzene rings is 1. The van der Waals surface area contributed by atoms with Gasteiger partial charge in [-0.1, -0.05) is 31.9 Å². The van der Waals surface area contributed by atoms with E-state index < -0.39 is 17.8 Å². The molecule has 0 spiro atoms. The fourth-order valence-electron chi connectivity index (χ4n) is 2.17. The van der Waals surface area contributed by atoms with Crippen molar-refractivity contribution in [2.75, 3.05) is 20.3 Å². The lowest BCUT2D eigenvalue weighted by Crippen LogP contribution is -2.32. The molecular weight excluding hydrogens is 334 g/mol. The molecule has 24 heavy (non-hydrogen) atoms. The molecule has 1 rings (SSSR count). The average molecular weight is 358 g/mol. The first-order chi connectivity index (χ1) is 11.4. The molecule has 6 nitrogen and oxygen atoms in total. The van der Waals surface area contributed by atoms with E-state index in [1.165, 1.54) is 19.2 Å². The van der Waals surface area contributed by atoms with E-state index in [0.29, 0.717) is 30.1 Å². The Kier molecular flexibility index (Phi) is 8.40. The van der Waals surface area contributed by atoms with Gasteiger partial charge in [0, 0.05) is 12.1 Å². The summed E-state index contributed by atoms with van der Waals surface area (Å²) in [5.74, 6) is -1.17. The van der Waals surface area contributed by atoms with Crippen LogP contribution in [0.1, 0.15) is 43.5 Å². The molecule has 0 bridgehead atoms. The summed E-state index contributed by atoms with van der Waals surface area (Å²) in [7, 11) is 1.47. The Morgan fingerprint density at radius 1 is 1.29 bits per heavy atom. The van der Waals surface area contributed by atoms with Crippen LogP contribution in [-0.4, -0.2) is 37.2 Å². The van der Waals surface area contributed by atoms with Crippen LogP contribution in [0.4, 0.5) is 0 Å². The first-order valence-corrected chi connectivity index (χ1v) is 8.33. The van der Waals surface area contributed by atoms with Crippen molar-refractivity contribution in [2.24, 2.45) is 5.92 Å². The molecule has 0 saturated heterocycles. The molecule has 1 unspecified atom stereocenters. The number of halogens is 1. The van der Waals surface area contributed by atoms with E-state index >= 15 is 0 Å². The Balaban J connectivity index is 2.87. The van der Waals surface area contributed by atoms with Gasteiger partial charge in [0.25, 0.3) is 5.91 Å². The van der Waals surface area contributed by atoms with Crippen LogP contribution in [0.15, 0.2) is 12.1 Å². The number of carbonyl (C=O) groups excluding carboxylic acids is 1. The summed E-state index contributed by atoms with van der Waals surface area (Å²) >= 11 is 6.18. The van der Waals surface area contributed by atoms with Crippen molar-refractivity contribution in [1.29, 1.82) is 0 Å². The van der Waals surface area contributed by atoms with Crippen molar-refractivity contribution in [2.45, 2.75) is 33.1 Å². The van der Waals surface area contributed by atoms with Crippen LogP contribution in [0.25, 0.3) is 0 Å². The highest BCUT2D eigenvalue weighted by Gasteiger charge is 2.19. The minimum absolute atomic E-state index is 0.0655. The molecule has 0 aliphatic carbocycles. The number of rotatable bonds is 10. The number of hydrogen-bond acceptors (Lipinski definition) is 4. The Labute approximate surface area is 147 Å². The first-order valence-electron chi connectivity index (χ1n) is 7.95. The van der Waals surface area contributed by atoms with Crippen molar-refractivity contribution in [3.8, 4) is 11.5 Å². The van der Waals surface area contributed by atoms with Crippen LogP contribution in [-0.2, 0) is 4.79 Å². The number of methoxy groups -OCH3 is 1. The fourth-order valence-corrected chi connectivity index (χ4v) is 2.44. The predicted octanol–water partition coefficient (Wildman–Crippen LogP) is 3.37. The maximum atomic E-state index is 12.3. The van der Waals surface area contributed by atoms with Crippen molar-refractivity contribution >= 4 is 23.5 Å². The van der Waals surface area contributed by atoms with Crippen LogP contribution in [0.3, 0.4) is 0 Å². The quantitative estimate of drug-likeness (QED) is 0.670. The van der Waals surface area contributed by atoms with E-state index in [0.717, 1.165) is 12.8 Å². The summed E-state index contributed by atoms with van der Waals surface area (Å²) in [5, 5.41) is 12.0. The monoisotopic (exact) mass is 357 g/mol. The Morgan fingerprint density at radius 3 is 2.54 bits per heavy atom. The van der Waals surface area contributed by atoms with Gasteiger partial charge in [0.2, 0.25) is 0 Å². The smallest absolute Gasteiger partial charge is 0.308 e. The second kappa shape index (κ2) is 10.0. The van der Waals surface area contributed by atoms with Gasteiger partial charge in [-0.15, -0.1) is 0 Å². The summed E-state index contributed by atoms with van der Waals surface area (Å²) in [5.41, 5.74) is 0.293. The Morgan fingerprint density at radius 2 is 2.00 bits per heavy atom. The molecule has 0 heterocycles. The number of amides is 1. The summed E-state index contributed by atoms with van der Waals surface area (Å²) < 4.78 is 10.8. The standard InChI is InChI=1S/C17H24ClNO5/c1-4-6-11(17(21)22)10-19-16(20)12-8-13(18)15(24-7-5-2)14(9-12)23-3/h8-9,11H,4-7,10H2,1-3H3,(H,19,20)(H,21,22). The largest absolute Gasteiger partial charge is 0.493 e. The van der Waals surface area contributed by atoms with E-state index in [2.05, 4.69) is 5.32 Å². The average Bonchev–Trinajstić information content (AvgIpc) is 2.56. The van der Waals surface area contributed by atoms with E-state index in [4.69, 9.17) is 26.2 Å². The normalized spacial score (nSPS) is 11.7. The molecule has 0 aliphatic rings. The SMILES string of the molecule is CCCOc1c(Cl)cc(C(=O)NCC(CCC)C(=O)O)cc1OC.